The Morgan fingerprint density at radius 3 is 2.32 bits per heavy atom. The molecule has 2 aromatic rings. The fourth-order valence-corrected chi connectivity index (χ4v) is 2.46. The quantitative estimate of drug-likeness (QED) is 0.849. The highest BCUT2D eigenvalue weighted by molar-refractivity contribution is 5.91. The van der Waals surface area contributed by atoms with E-state index >= 15 is 0 Å². The fraction of sp³-hybridized carbons (Fsp3) is 0.118. The highest BCUT2D eigenvalue weighted by Gasteiger charge is 2.30. The van der Waals surface area contributed by atoms with Gasteiger partial charge >= 0.3 is 6.18 Å². The van der Waals surface area contributed by atoms with Gasteiger partial charge in [0.25, 0.3) is 0 Å². The highest BCUT2D eigenvalue weighted by atomic mass is 19.4. The third-order valence-electron chi connectivity index (χ3n) is 3.56. The van der Waals surface area contributed by atoms with Crippen LogP contribution in [0.2, 0.25) is 0 Å². The third-order valence-corrected chi connectivity index (χ3v) is 3.56. The second-order valence-electron chi connectivity index (χ2n) is 5.07. The van der Waals surface area contributed by atoms with Gasteiger partial charge < -0.3 is 5.73 Å². The summed E-state index contributed by atoms with van der Waals surface area (Å²) in [5.41, 5.74) is 8.55. The highest BCUT2D eigenvalue weighted by Crippen LogP contribution is 2.33. The number of aliphatic imine (C=N–C) groups is 1. The van der Waals surface area contributed by atoms with Gasteiger partial charge in [-0.3, -0.25) is 0 Å². The number of fused-ring (bicyclic) bond motifs is 1. The van der Waals surface area contributed by atoms with Crippen LogP contribution in [0.15, 0.2) is 59.7 Å². The summed E-state index contributed by atoms with van der Waals surface area (Å²) < 4.78 is 38.0. The van der Waals surface area contributed by atoms with Crippen molar-refractivity contribution >= 4 is 11.4 Å². The summed E-state index contributed by atoms with van der Waals surface area (Å²) in [7, 11) is 0. The van der Waals surface area contributed by atoms with E-state index in [0.717, 1.165) is 28.8 Å². The summed E-state index contributed by atoms with van der Waals surface area (Å²) in [6.45, 7) is 0. The molecule has 5 heteroatoms. The molecule has 0 unspecified atom stereocenters. The van der Waals surface area contributed by atoms with Crippen molar-refractivity contribution in [3.8, 4) is 0 Å². The lowest BCUT2D eigenvalue weighted by Gasteiger charge is -2.12. The molecule has 0 saturated heterocycles. The number of hydrogen-bond acceptors (Lipinski definition) is 2. The van der Waals surface area contributed by atoms with Gasteiger partial charge in [0.05, 0.1) is 5.56 Å². The zero-order chi connectivity index (χ0) is 15.7. The van der Waals surface area contributed by atoms with Crippen molar-refractivity contribution in [1.29, 1.82) is 0 Å². The molecular formula is C17H13F3N2. The molecule has 1 heterocycles. The molecule has 3 rings (SSSR count). The van der Waals surface area contributed by atoms with Gasteiger partial charge in [0.15, 0.2) is 0 Å². The minimum Gasteiger partial charge on any atom is -0.387 e. The molecule has 2 N–H and O–H groups in total. The summed E-state index contributed by atoms with van der Waals surface area (Å²) in [6.07, 6.45) is -2.20. The Hall–Kier alpha value is -2.56. The second-order valence-corrected chi connectivity index (χ2v) is 5.07. The van der Waals surface area contributed by atoms with Crippen molar-refractivity contribution in [2.75, 3.05) is 0 Å². The first-order valence-corrected chi connectivity index (χ1v) is 6.73. The van der Waals surface area contributed by atoms with E-state index in [1.54, 1.807) is 6.20 Å². The van der Waals surface area contributed by atoms with Gasteiger partial charge in [-0.2, -0.15) is 13.2 Å². The average molecular weight is 302 g/mol. The van der Waals surface area contributed by atoms with Gasteiger partial charge in [-0.05, 0) is 28.8 Å². The molecule has 0 atom stereocenters. The van der Waals surface area contributed by atoms with Gasteiger partial charge in [0.2, 0.25) is 0 Å². The molecule has 0 amide bonds. The van der Waals surface area contributed by atoms with Gasteiger partial charge in [-0.1, -0.05) is 36.4 Å². The van der Waals surface area contributed by atoms with Crippen LogP contribution in [0.5, 0.6) is 0 Å². The first-order valence-electron chi connectivity index (χ1n) is 6.73. The number of hydrogen-bond donors (Lipinski definition) is 1. The molecule has 1 aliphatic heterocycles. The maximum absolute atomic E-state index is 12.7. The van der Waals surface area contributed by atoms with Gasteiger partial charge in [-0.15, -0.1) is 0 Å². The normalized spacial score (nSPS) is 14.7. The zero-order valence-electron chi connectivity index (χ0n) is 11.6. The molecule has 0 spiro atoms. The zero-order valence-corrected chi connectivity index (χ0v) is 11.6. The molecule has 2 nitrogen and oxygen atoms in total. The first kappa shape index (κ1) is 14.4. The molecule has 0 fully saturated rings. The van der Waals surface area contributed by atoms with Crippen LogP contribution in [0, 0.1) is 0 Å². The molecule has 2 aromatic carbocycles. The topological polar surface area (TPSA) is 38.4 Å². The maximum Gasteiger partial charge on any atom is 0.416 e. The van der Waals surface area contributed by atoms with Crippen molar-refractivity contribution in [3.63, 3.8) is 0 Å². The predicted molar refractivity (Wildman–Crippen MR) is 80.3 cm³/mol. The summed E-state index contributed by atoms with van der Waals surface area (Å²) in [5, 5.41) is 0. The number of nitrogens with two attached hydrogens (primary N) is 1. The molecular weight excluding hydrogens is 289 g/mol. The summed E-state index contributed by atoms with van der Waals surface area (Å²) >= 11 is 0. The molecule has 22 heavy (non-hydrogen) atoms. The summed E-state index contributed by atoms with van der Waals surface area (Å²) in [5.74, 6) is 0.481. The number of amidine groups is 1. The minimum atomic E-state index is -4.34. The Labute approximate surface area is 125 Å². The molecule has 0 radical (unpaired) electrons. The van der Waals surface area contributed by atoms with Crippen molar-refractivity contribution in [2.24, 2.45) is 10.7 Å². The summed E-state index contributed by atoms with van der Waals surface area (Å²) in [6, 6.07) is 12.7. The molecule has 0 aliphatic carbocycles. The lowest BCUT2D eigenvalue weighted by atomic mass is 9.93. The Kier molecular flexibility index (Phi) is 3.48. The van der Waals surface area contributed by atoms with Crippen LogP contribution in [-0.2, 0) is 12.6 Å². The van der Waals surface area contributed by atoms with Crippen LogP contribution in [0.25, 0.3) is 5.57 Å². The Balaban J connectivity index is 2.07. The van der Waals surface area contributed by atoms with Gasteiger partial charge in [0, 0.05) is 18.2 Å². The third kappa shape index (κ3) is 2.74. The largest absolute Gasteiger partial charge is 0.416 e. The lowest BCUT2D eigenvalue weighted by Crippen LogP contribution is -2.14. The van der Waals surface area contributed by atoms with Crippen LogP contribution in [0.1, 0.15) is 22.3 Å². The van der Waals surface area contributed by atoms with E-state index in [9.17, 15) is 13.2 Å². The first-order chi connectivity index (χ1) is 10.4. The van der Waals surface area contributed by atoms with Gasteiger partial charge in [0.1, 0.15) is 5.84 Å². The smallest absolute Gasteiger partial charge is 0.387 e. The standard InChI is InChI=1S/C17H13F3N2/c18-17(19,20)13-7-5-11(6-8-13)15-10-22-16(21)9-12-3-1-2-4-14(12)15/h1-8,10H,9H2,(H2,21,22). The monoisotopic (exact) mass is 302 g/mol. The van der Waals surface area contributed by atoms with E-state index in [4.69, 9.17) is 5.73 Å². The van der Waals surface area contributed by atoms with Crippen molar-refractivity contribution < 1.29 is 13.2 Å². The minimum absolute atomic E-state index is 0.481. The predicted octanol–water partition coefficient (Wildman–Crippen LogP) is 4.01. The number of halogens is 3. The number of alkyl halides is 3. The Morgan fingerprint density at radius 2 is 1.64 bits per heavy atom. The van der Waals surface area contributed by atoms with E-state index in [0.29, 0.717) is 17.8 Å². The molecule has 0 aromatic heterocycles. The number of benzene rings is 2. The molecule has 112 valence electrons. The Bertz CT molecular complexity index is 756. The fourth-order valence-electron chi connectivity index (χ4n) is 2.46. The van der Waals surface area contributed by atoms with Crippen LogP contribution in [0.3, 0.4) is 0 Å². The SMILES string of the molecule is NC1=NC=C(c2ccc(C(F)(F)F)cc2)c2ccccc2C1. The van der Waals surface area contributed by atoms with Crippen molar-refractivity contribution in [1.82, 2.24) is 0 Å². The second kappa shape index (κ2) is 5.33. The van der Waals surface area contributed by atoms with Crippen molar-refractivity contribution in [3.05, 3.63) is 77.0 Å². The number of rotatable bonds is 1. The molecule has 0 bridgehead atoms. The number of nitrogens with zero attached hydrogens (tertiary/aromatic N) is 1. The van der Waals surface area contributed by atoms with Crippen molar-refractivity contribution in [2.45, 2.75) is 12.6 Å². The maximum atomic E-state index is 12.7. The van der Waals surface area contributed by atoms with Crippen LogP contribution in [0.4, 0.5) is 13.2 Å². The summed E-state index contributed by atoms with van der Waals surface area (Å²) in [4.78, 5) is 4.18. The van der Waals surface area contributed by atoms with Crippen LogP contribution in [-0.4, -0.2) is 5.84 Å². The molecule has 1 aliphatic rings. The van der Waals surface area contributed by atoms with E-state index in [1.807, 2.05) is 24.3 Å². The Morgan fingerprint density at radius 1 is 0.955 bits per heavy atom. The van der Waals surface area contributed by atoms with Gasteiger partial charge in [-0.25, -0.2) is 4.99 Å². The molecule has 0 saturated carbocycles. The average Bonchev–Trinajstić information content (AvgIpc) is 2.65. The van der Waals surface area contributed by atoms with E-state index in [2.05, 4.69) is 4.99 Å². The van der Waals surface area contributed by atoms with E-state index in [-0.39, 0.29) is 0 Å². The van der Waals surface area contributed by atoms with E-state index in [1.165, 1.54) is 12.1 Å². The lowest BCUT2D eigenvalue weighted by molar-refractivity contribution is -0.137. The van der Waals surface area contributed by atoms with Crippen LogP contribution >= 0.6 is 0 Å². The van der Waals surface area contributed by atoms with E-state index < -0.39 is 11.7 Å². The van der Waals surface area contributed by atoms with Crippen LogP contribution < -0.4 is 5.73 Å².